The van der Waals surface area contributed by atoms with Gasteiger partial charge in [-0.3, -0.25) is 4.99 Å². The van der Waals surface area contributed by atoms with E-state index in [0.29, 0.717) is 12.5 Å². The molecule has 2 aliphatic rings. The minimum atomic E-state index is 0.676. The van der Waals surface area contributed by atoms with Gasteiger partial charge in [0, 0.05) is 37.3 Å². The summed E-state index contributed by atoms with van der Waals surface area (Å²) in [5.41, 5.74) is 7.03. The molecule has 1 aromatic rings. The first kappa shape index (κ1) is 14.6. The van der Waals surface area contributed by atoms with Gasteiger partial charge in [0.05, 0.1) is 0 Å². The smallest absolute Gasteiger partial charge is 0.191 e. The summed E-state index contributed by atoms with van der Waals surface area (Å²) in [6.07, 6.45) is 11.3. The molecule has 5 nitrogen and oxygen atoms in total. The summed E-state index contributed by atoms with van der Waals surface area (Å²) in [4.78, 5) is 15.4. The molecule has 1 aliphatic heterocycles. The Balaban J connectivity index is 1.45. The van der Waals surface area contributed by atoms with Gasteiger partial charge in [-0.25, -0.2) is 9.97 Å². The fourth-order valence-electron chi connectivity index (χ4n) is 2.63. The van der Waals surface area contributed by atoms with E-state index in [4.69, 9.17) is 5.73 Å². The maximum absolute atomic E-state index is 5.90. The molecule has 1 aromatic heterocycles. The molecule has 2 fully saturated rings. The van der Waals surface area contributed by atoms with E-state index < -0.39 is 0 Å². The van der Waals surface area contributed by atoms with Crippen molar-refractivity contribution in [2.24, 2.45) is 10.7 Å². The Kier molecular flexibility index (Phi) is 4.95. The highest BCUT2D eigenvalue weighted by molar-refractivity contribution is 7.99. The van der Waals surface area contributed by atoms with Crippen molar-refractivity contribution in [2.45, 2.75) is 48.9 Å². The molecule has 114 valence electrons. The van der Waals surface area contributed by atoms with E-state index in [1.807, 2.05) is 24.2 Å². The highest BCUT2D eigenvalue weighted by Gasteiger charge is 2.17. The molecular formula is C15H23N5S. The second-order valence-corrected chi connectivity index (χ2v) is 7.00. The summed E-state index contributed by atoms with van der Waals surface area (Å²) < 4.78 is 0. The van der Waals surface area contributed by atoms with E-state index in [1.165, 1.54) is 32.1 Å². The fourth-order valence-corrected chi connectivity index (χ4v) is 3.73. The fraction of sp³-hybridized carbons (Fsp3) is 0.667. The SMILES string of the molecule is NC(=NCCc1cnc(SC2CCCC2)nc1)N1CCC1. The lowest BCUT2D eigenvalue weighted by Gasteiger charge is -2.31. The van der Waals surface area contributed by atoms with Crippen LogP contribution in [-0.4, -0.2) is 45.7 Å². The second-order valence-electron chi connectivity index (χ2n) is 5.73. The summed E-state index contributed by atoms with van der Waals surface area (Å²) in [6, 6.07) is 0. The second kappa shape index (κ2) is 7.11. The van der Waals surface area contributed by atoms with Gasteiger partial charge in [0.15, 0.2) is 11.1 Å². The number of aliphatic imine (C=N–C) groups is 1. The monoisotopic (exact) mass is 305 g/mol. The molecule has 1 aliphatic carbocycles. The Morgan fingerprint density at radius 3 is 2.57 bits per heavy atom. The minimum absolute atomic E-state index is 0.676. The summed E-state index contributed by atoms with van der Waals surface area (Å²) in [5, 5.41) is 1.63. The van der Waals surface area contributed by atoms with Crippen LogP contribution in [0.3, 0.4) is 0 Å². The van der Waals surface area contributed by atoms with Gasteiger partial charge < -0.3 is 10.6 Å². The maximum Gasteiger partial charge on any atom is 0.191 e. The van der Waals surface area contributed by atoms with Crippen molar-refractivity contribution in [1.82, 2.24) is 14.9 Å². The first-order chi connectivity index (χ1) is 10.3. The number of nitrogens with zero attached hydrogens (tertiary/aromatic N) is 4. The molecule has 0 spiro atoms. The Morgan fingerprint density at radius 1 is 1.24 bits per heavy atom. The highest BCUT2D eigenvalue weighted by atomic mass is 32.2. The molecule has 1 saturated carbocycles. The summed E-state index contributed by atoms with van der Waals surface area (Å²) in [7, 11) is 0. The number of aromatic nitrogens is 2. The number of likely N-dealkylation sites (tertiary alicyclic amines) is 1. The Labute approximate surface area is 130 Å². The largest absolute Gasteiger partial charge is 0.370 e. The predicted molar refractivity (Wildman–Crippen MR) is 86.5 cm³/mol. The molecule has 0 unspecified atom stereocenters. The van der Waals surface area contributed by atoms with Crippen molar-refractivity contribution in [3.05, 3.63) is 18.0 Å². The first-order valence-corrected chi connectivity index (χ1v) is 8.72. The zero-order valence-electron chi connectivity index (χ0n) is 12.4. The van der Waals surface area contributed by atoms with Crippen LogP contribution in [0.5, 0.6) is 0 Å². The number of hydrogen-bond acceptors (Lipinski definition) is 4. The molecule has 3 rings (SSSR count). The van der Waals surface area contributed by atoms with Crippen LogP contribution in [0.4, 0.5) is 0 Å². The molecule has 0 aromatic carbocycles. The highest BCUT2D eigenvalue weighted by Crippen LogP contribution is 2.32. The van der Waals surface area contributed by atoms with Gasteiger partial charge in [-0.15, -0.1) is 0 Å². The topological polar surface area (TPSA) is 67.4 Å². The van der Waals surface area contributed by atoms with Crippen molar-refractivity contribution in [2.75, 3.05) is 19.6 Å². The standard InChI is InChI=1S/C15H23N5S/c16-14(20-8-3-9-20)17-7-6-12-10-18-15(19-11-12)21-13-4-1-2-5-13/h10-11,13H,1-9H2,(H2,16,17). The molecule has 21 heavy (non-hydrogen) atoms. The number of rotatable bonds is 5. The van der Waals surface area contributed by atoms with Crippen LogP contribution in [0.15, 0.2) is 22.5 Å². The zero-order chi connectivity index (χ0) is 14.5. The van der Waals surface area contributed by atoms with Crippen LogP contribution in [0, 0.1) is 0 Å². The van der Waals surface area contributed by atoms with Crippen LogP contribution in [0.2, 0.25) is 0 Å². The molecule has 2 N–H and O–H groups in total. The molecular weight excluding hydrogens is 282 g/mol. The third-order valence-electron chi connectivity index (χ3n) is 4.11. The summed E-state index contributed by atoms with van der Waals surface area (Å²) in [6.45, 7) is 2.80. The number of hydrogen-bond donors (Lipinski definition) is 1. The zero-order valence-corrected chi connectivity index (χ0v) is 13.2. The number of thioether (sulfide) groups is 1. The summed E-state index contributed by atoms with van der Waals surface area (Å²) in [5.74, 6) is 0.676. The number of guanidine groups is 1. The average Bonchev–Trinajstić information content (AvgIpc) is 2.92. The Bertz CT molecular complexity index is 477. The van der Waals surface area contributed by atoms with Crippen molar-refractivity contribution in [3.63, 3.8) is 0 Å². The van der Waals surface area contributed by atoms with Crippen molar-refractivity contribution in [3.8, 4) is 0 Å². The predicted octanol–water partition coefficient (Wildman–Crippen LogP) is 2.07. The van der Waals surface area contributed by atoms with E-state index in [0.717, 1.165) is 35.5 Å². The van der Waals surface area contributed by atoms with Gasteiger partial charge in [0.2, 0.25) is 0 Å². The Morgan fingerprint density at radius 2 is 1.95 bits per heavy atom. The molecule has 0 radical (unpaired) electrons. The Hall–Kier alpha value is -1.30. The molecule has 0 atom stereocenters. The normalized spacial score (nSPS) is 19.8. The van der Waals surface area contributed by atoms with Crippen LogP contribution in [-0.2, 0) is 6.42 Å². The van der Waals surface area contributed by atoms with Gasteiger partial charge in [-0.05, 0) is 31.2 Å². The van der Waals surface area contributed by atoms with Crippen LogP contribution in [0.25, 0.3) is 0 Å². The summed E-state index contributed by atoms with van der Waals surface area (Å²) >= 11 is 1.83. The van der Waals surface area contributed by atoms with Gasteiger partial charge in [0.25, 0.3) is 0 Å². The average molecular weight is 305 g/mol. The minimum Gasteiger partial charge on any atom is -0.370 e. The quantitative estimate of drug-likeness (QED) is 0.512. The van der Waals surface area contributed by atoms with E-state index in [9.17, 15) is 0 Å². The van der Waals surface area contributed by atoms with Crippen LogP contribution in [0.1, 0.15) is 37.7 Å². The van der Waals surface area contributed by atoms with Crippen molar-refractivity contribution >= 4 is 17.7 Å². The lowest BCUT2D eigenvalue weighted by molar-refractivity contribution is 0.296. The van der Waals surface area contributed by atoms with Gasteiger partial charge in [0.1, 0.15) is 0 Å². The molecule has 0 bridgehead atoms. The third-order valence-corrected chi connectivity index (χ3v) is 5.34. The number of nitrogens with two attached hydrogens (primary N) is 1. The van der Waals surface area contributed by atoms with Gasteiger partial charge >= 0.3 is 0 Å². The first-order valence-electron chi connectivity index (χ1n) is 7.84. The lowest BCUT2D eigenvalue weighted by Crippen LogP contribution is -2.46. The lowest BCUT2D eigenvalue weighted by atomic mass is 10.2. The van der Waals surface area contributed by atoms with E-state index in [-0.39, 0.29) is 0 Å². The van der Waals surface area contributed by atoms with E-state index in [1.54, 1.807) is 0 Å². The third kappa shape index (κ3) is 4.09. The van der Waals surface area contributed by atoms with E-state index >= 15 is 0 Å². The van der Waals surface area contributed by atoms with Gasteiger partial charge in [-0.2, -0.15) is 0 Å². The molecule has 0 amide bonds. The van der Waals surface area contributed by atoms with Crippen LogP contribution >= 0.6 is 11.8 Å². The van der Waals surface area contributed by atoms with E-state index in [2.05, 4.69) is 19.9 Å². The van der Waals surface area contributed by atoms with Gasteiger partial charge in [-0.1, -0.05) is 24.6 Å². The van der Waals surface area contributed by atoms with Crippen LogP contribution < -0.4 is 5.73 Å². The molecule has 1 saturated heterocycles. The van der Waals surface area contributed by atoms with Crippen molar-refractivity contribution < 1.29 is 0 Å². The molecule has 2 heterocycles. The maximum atomic E-state index is 5.90. The van der Waals surface area contributed by atoms with Crippen molar-refractivity contribution in [1.29, 1.82) is 0 Å². The molecule has 6 heteroatoms.